The van der Waals surface area contributed by atoms with Crippen molar-refractivity contribution in [2.75, 3.05) is 39.6 Å². The molecule has 19 heteroatoms. The second kappa shape index (κ2) is 72.9. The van der Waals surface area contributed by atoms with E-state index in [4.69, 9.17) is 37.0 Å². The summed E-state index contributed by atoms with van der Waals surface area (Å²) >= 11 is 0. The monoisotopic (exact) mass is 1510 g/mol. The number of phosphoric ester groups is 2. The highest BCUT2D eigenvalue weighted by Gasteiger charge is 2.30. The molecule has 0 fully saturated rings. The van der Waals surface area contributed by atoms with Gasteiger partial charge in [0.15, 0.2) is 12.2 Å². The Labute approximate surface area is 632 Å². The molecular weight excluding hydrogens is 1340 g/mol. The average Bonchev–Trinajstić information content (AvgIpc) is 0.909. The average molecular weight is 1510 g/mol. The number of ether oxygens (including phenoxy) is 4. The number of carbonyl (C=O) groups excluding carboxylic acids is 4. The lowest BCUT2D eigenvalue weighted by atomic mass is 9.99. The predicted octanol–water partition coefficient (Wildman–Crippen LogP) is 25.2. The van der Waals surface area contributed by atoms with Gasteiger partial charge < -0.3 is 33.8 Å². The molecule has 0 aliphatic carbocycles. The molecule has 0 heterocycles. The number of aliphatic hydroxyl groups excluding tert-OH is 1. The minimum atomic E-state index is -4.97. The van der Waals surface area contributed by atoms with Gasteiger partial charge in [0.1, 0.15) is 19.3 Å². The van der Waals surface area contributed by atoms with E-state index in [1.807, 2.05) is 0 Å². The van der Waals surface area contributed by atoms with Crippen LogP contribution in [0.15, 0.2) is 0 Å². The van der Waals surface area contributed by atoms with Crippen LogP contribution >= 0.6 is 15.6 Å². The van der Waals surface area contributed by atoms with Crippen LogP contribution in [0.25, 0.3) is 0 Å². The first-order chi connectivity index (χ1) is 49.6. The van der Waals surface area contributed by atoms with Crippen LogP contribution in [0.4, 0.5) is 0 Å². The number of rotatable bonds is 81. The second-order valence-electron chi connectivity index (χ2n) is 31.9. The fraction of sp³-hybridized carbons (Fsp3) is 0.952. The van der Waals surface area contributed by atoms with E-state index in [0.717, 1.165) is 114 Å². The molecule has 0 aromatic heterocycles. The molecule has 6 atom stereocenters. The van der Waals surface area contributed by atoms with E-state index in [9.17, 15) is 43.2 Å². The zero-order valence-electron chi connectivity index (χ0n) is 68.0. The zero-order chi connectivity index (χ0) is 76.0. The standard InChI is InChI=1S/C84H164O17P2/c1-9-77(8)63-55-47-38-32-26-20-16-12-10-11-13-17-22-28-34-40-50-58-66-83(88)100-79(70-94-81(86)64-56-48-39-33-27-21-18-14-15-19-24-30-36-44-52-60-74(2)3)72-98-102(90,91)96-68-78(85)69-97-103(92,93)99-73-80(71-95-82(87)65-57-49-43-42-46-54-62-76(6)7)101-84(89)67-59-51-41-35-29-23-25-31-37-45-53-61-75(4)5/h74-80,85H,9-73H2,1-8H3,(H,90,91)(H,92,93)/t77?,78-,79-,80-/m1/s1. The molecule has 0 aliphatic heterocycles. The van der Waals surface area contributed by atoms with E-state index in [-0.39, 0.29) is 25.7 Å². The van der Waals surface area contributed by atoms with E-state index in [2.05, 4.69) is 55.4 Å². The maximum atomic E-state index is 13.1. The summed E-state index contributed by atoms with van der Waals surface area (Å²) < 4.78 is 68.8. The lowest BCUT2D eigenvalue weighted by Gasteiger charge is -2.21. The van der Waals surface area contributed by atoms with Gasteiger partial charge in [-0.15, -0.1) is 0 Å². The van der Waals surface area contributed by atoms with Crippen molar-refractivity contribution in [1.82, 2.24) is 0 Å². The first-order valence-electron chi connectivity index (χ1n) is 43.2. The maximum Gasteiger partial charge on any atom is 0.472 e. The van der Waals surface area contributed by atoms with Gasteiger partial charge in [0.2, 0.25) is 0 Å². The number of esters is 4. The molecule has 0 spiro atoms. The molecule has 103 heavy (non-hydrogen) atoms. The van der Waals surface area contributed by atoms with Gasteiger partial charge in [-0.05, 0) is 49.4 Å². The van der Waals surface area contributed by atoms with Crippen LogP contribution in [0.2, 0.25) is 0 Å². The van der Waals surface area contributed by atoms with Crippen molar-refractivity contribution in [2.45, 2.75) is 453 Å². The van der Waals surface area contributed by atoms with Crippen LogP contribution in [0.5, 0.6) is 0 Å². The minimum absolute atomic E-state index is 0.105. The fourth-order valence-electron chi connectivity index (χ4n) is 12.9. The third kappa shape index (κ3) is 76.6. The Kier molecular flexibility index (Phi) is 71.5. The van der Waals surface area contributed by atoms with Crippen molar-refractivity contribution in [2.24, 2.45) is 23.7 Å². The molecular formula is C84H164O17P2. The van der Waals surface area contributed by atoms with Crippen molar-refractivity contribution in [3.8, 4) is 0 Å². The van der Waals surface area contributed by atoms with Gasteiger partial charge >= 0.3 is 39.5 Å². The lowest BCUT2D eigenvalue weighted by Crippen LogP contribution is -2.30. The largest absolute Gasteiger partial charge is 0.472 e. The zero-order valence-corrected chi connectivity index (χ0v) is 69.7. The fourth-order valence-corrected chi connectivity index (χ4v) is 14.5. The summed E-state index contributed by atoms with van der Waals surface area (Å²) in [4.78, 5) is 73.1. The summed E-state index contributed by atoms with van der Waals surface area (Å²) in [6, 6.07) is 0. The first kappa shape index (κ1) is 101. The predicted molar refractivity (Wildman–Crippen MR) is 423 cm³/mol. The molecule has 0 aromatic carbocycles. The number of aliphatic hydroxyl groups is 1. The van der Waals surface area contributed by atoms with Crippen LogP contribution in [0.3, 0.4) is 0 Å². The quantitative estimate of drug-likeness (QED) is 0.0222. The number of carbonyl (C=O) groups is 4. The molecule has 0 rings (SSSR count). The van der Waals surface area contributed by atoms with E-state index in [1.165, 1.54) is 231 Å². The Hall–Kier alpha value is -1.94. The molecule has 0 radical (unpaired) electrons. The summed E-state index contributed by atoms with van der Waals surface area (Å²) in [5.74, 6) is 1.01. The van der Waals surface area contributed by atoms with Gasteiger partial charge in [-0.1, -0.05) is 383 Å². The van der Waals surface area contributed by atoms with Crippen LogP contribution in [-0.4, -0.2) is 96.7 Å². The molecule has 0 amide bonds. The van der Waals surface area contributed by atoms with Gasteiger partial charge in [0, 0.05) is 25.7 Å². The summed E-state index contributed by atoms with van der Waals surface area (Å²) in [5, 5.41) is 10.7. The number of unbranched alkanes of at least 4 members (excludes halogenated alkanes) is 46. The molecule has 0 aromatic rings. The molecule has 0 saturated heterocycles. The highest BCUT2D eigenvalue weighted by Crippen LogP contribution is 2.45. The van der Waals surface area contributed by atoms with Gasteiger partial charge in [-0.3, -0.25) is 37.3 Å². The second-order valence-corrected chi connectivity index (χ2v) is 34.8. The van der Waals surface area contributed by atoms with Gasteiger partial charge in [-0.25, -0.2) is 9.13 Å². The number of hydrogen-bond acceptors (Lipinski definition) is 15. The third-order valence-electron chi connectivity index (χ3n) is 19.9. The minimum Gasteiger partial charge on any atom is -0.462 e. The highest BCUT2D eigenvalue weighted by atomic mass is 31.2. The Morgan fingerprint density at radius 1 is 0.272 bits per heavy atom. The Morgan fingerprint density at radius 2 is 0.466 bits per heavy atom. The highest BCUT2D eigenvalue weighted by molar-refractivity contribution is 7.47. The summed E-state index contributed by atoms with van der Waals surface area (Å²) in [6.45, 7) is 14.3. The van der Waals surface area contributed by atoms with Crippen LogP contribution in [-0.2, 0) is 65.4 Å². The van der Waals surface area contributed by atoms with Crippen LogP contribution < -0.4 is 0 Å². The van der Waals surface area contributed by atoms with Crippen molar-refractivity contribution in [3.63, 3.8) is 0 Å². The summed E-state index contributed by atoms with van der Waals surface area (Å²) in [7, 11) is -9.92. The van der Waals surface area contributed by atoms with Crippen molar-refractivity contribution < 1.29 is 80.2 Å². The Bertz CT molecular complexity index is 2010. The van der Waals surface area contributed by atoms with Gasteiger partial charge in [0.05, 0.1) is 26.4 Å². The Morgan fingerprint density at radius 3 is 0.689 bits per heavy atom. The van der Waals surface area contributed by atoms with E-state index < -0.39 is 97.5 Å². The van der Waals surface area contributed by atoms with Crippen molar-refractivity contribution in [1.29, 1.82) is 0 Å². The molecule has 0 saturated carbocycles. The van der Waals surface area contributed by atoms with Gasteiger partial charge in [0.25, 0.3) is 0 Å². The van der Waals surface area contributed by atoms with E-state index in [1.54, 1.807) is 0 Å². The van der Waals surface area contributed by atoms with Crippen molar-refractivity contribution >= 4 is 39.5 Å². The van der Waals surface area contributed by atoms with Crippen molar-refractivity contribution in [3.05, 3.63) is 0 Å². The molecule has 3 unspecified atom stereocenters. The molecule has 612 valence electrons. The third-order valence-corrected chi connectivity index (χ3v) is 21.8. The van der Waals surface area contributed by atoms with Crippen LogP contribution in [0.1, 0.15) is 434 Å². The lowest BCUT2D eigenvalue weighted by molar-refractivity contribution is -0.161. The normalized spacial score (nSPS) is 14.2. The molecule has 0 aliphatic rings. The summed E-state index contributed by atoms with van der Waals surface area (Å²) in [6.07, 6.45) is 61.3. The topological polar surface area (TPSA) is 237 Å². The summed E-state index contributed by atoms with van der Waals surface area (Å²) in [5.41, 5.74) is 0. The molecule has 3 N–H and O–H groups in total. The Balaban J connectivity index is 5.21. The number of hydrogen-bond donors (Lipinski definition) is 3. The smallest absolute Gasteiger partial charge is 0.462 e. The SMILES string of the molecule is CCC(C)CCCCCCCCCCCCCCCCCCCCC(=O)O[C@H](COC(=O)CCCCCCCCCCCCCCCCCC(C)C)COP(=O)(O)OC[C@@H](O)COP(=O)(O)OC[C@@H](COC(=O)CCCCCCCCC(C)C)OC(=O)CCCCCCCCCCCCCC(C)C. The van der Waals surface area contributed by atoms with E-state index >= 15 is 0 Å². The van der Waals surface area contributed by atoms with E-state index in [0.29, 0.717) is 31.6 Å². The maximum absolute atomic E-state index is 13.1. The number of phosphoric acid groups is 2. The van der Waals surface area contributed by atoms with Crippen LogP contribution in [0, 0.1) is 23.7 Å². The molecule has 0 bridgehead atoms. The van der Waals surface area contributed by atoms with Gasteiger partial charge in [-0.2, -0.15) is 0 Å². The molecule has 17 nitrogen and oxygen atoms in total. The first-order valence-corrected chi connectivity index (χ1v) is 46.2.